The second-order valence-corrected chi connectivity index (χ2v) is 2.75. The molecule has 0 aromatic rings. The molecule has 0 bridgehead atoms. The lowest BCUT2D eigenvalue weighted by Gasteiger charge is -2.07. The Morgan fingerprint density at radius 3 is 3.18 bits per heavy atom. The van der Waals surface area contributed by atoms with Gasteiger partial charge in [0.2, 0.25) is 5.91 Å². The number of carbonyl (C=O) groups excluding carboxylic acids is 1. The molecule has 0 aliphatic carbocycles. The van der Waals surface area contributed by atoms with Gasteiger partial charge in [0.05, 0.1) is 6.04 Å². The standard InChI is InChI=1S/C8H14N2O/c9-7-5-3-1-2-4-6-10-8(7)11/h1,3,7H,2,4-6,9H2,(H,10,11)/b3-1-. The minimum atomic E-state index is -0.357. The number of nitrogens with one attached hydrogen (secondary N) is 1. The summed E-state index contributed by atoms with van der Waals surface area (Å²) in [6, 6.07) is -0.357. The van der Waals surface area contributed by atoms with Crippen molar-refractivity contribution in [3.63, 3.8) is 0 Å². The zero-order valence-electron chi connectivity index (χ0n) is 6.55. The number of amides is 1. The van der Waals surface area contributed by atoms with Crippen LogP contribution in [-0.4, -0.2) is 18.5 Å². The summed E-state index contributed by atoms with van der Waals surface area (Å²) in [6.45, 7) is 0.747. The van der Waals surface area contributed by atoms with E-state index in [1.165, 1.54) is 0 Å². The quantitative estimate of drug-likeness (QED) is 0.489. The maximum Gasteiger partial charge on any atom is 0.237 e. The van der Waals surface area contributed by atoms with Gasteiger partial charge in [0.25, 0.3) is 0 Å². The molecule has 0 saturated carbocycles. The lowest BCUT2D eigenvalue weighted by molar-refractivity contribution is -0.122. The van der Waals surface area contributed by atoms with Crippen LogP contribution in [0.3, 0.4) is 0 Å². The number of carbonyl (C=O) groups is 1. The molecule has 0 aromatic heterocycles. The van der Waals surface area contributed by atoms with E-state index in [-0.39, 0.29) is 11.9 Å². The Morgan fingerprint density at radius 1 is 1.55 bits per heavy atom. The summed E-state index contributed by atoms with van der Waals surface area (Å²) in [7, 11) is 0. The van der Waals surface area contributed by atoms with Gasteiger partial charge in [0.15, 0.2) is 0 Å². The fraction of sp³-hybridized carbons (Fsp3) is 0.625. The molecule has 0 fully saturated rings. The maximum absolute atomic E-state index is 11.0. The zero-order chi connectivity index (χ0) is 8.10. The third kappa shape index (κ3) is 2.72. The zero-order valence-corrected chi connectivity index (χ0v) is 6.55. The van der Waals surface area contributed by atoms with Crippen molar-refractivity contribution in [3.8, 4) is 0 Å². The van der Waals surface area contributed by atoms with Crippen molar-refractivity contribution >= 4 is 5.91 Å². The van der Waals surface area contributed by atoms with Gasteiger partial charge < -0.3 is 11.1 Å². The van der Waals surface area contributed by atoms with Crippen LogP contribution in [0.15, 0.2) is 12.2 Å². The Labute approximate surface area is 66.6 Å². The summed E-state index contributed by atoms with van der Waals surface area (Å²) in [6.07, 6.45) is 6.77. The van der Waals surface area contributed by atoms with Crippen molar-refractivity contribution in [3.05, 3.63) is 12.2 Å². The second-order valence-electron chi connectivity index (χ2n) is 2.75. The molecule has 1 heterocycles. The first-order valence-corrected chi connectivity index (χ1v) is 3.99. The molecule has 3 nitrogen and oxygen atoms in total. The molecule has 62 valence electrons. The van der Waals surface area contributed by atoms with Gasteiger partial charge in [-0.2, -0.15) is 0 Å². The van der Waals surface area contributed by atoms with E-state index in [4.69, 9.17) is 5.73 Å². The lowest BCUT2D eigenvalue weighted by Crippen LogP contribution is -2.40. The third-order valence-electron chi connectivity index (χ3n) is 1.74. The molecular weight excluding hydrogens is 140 g/mol. The van der Waals surface area contributed by atoms with Crippen LogP contribution in [0.25, 0.3) is 0 Å². The number of hydrogen-bond donors (Lipinski definition) is 2. The minimum absolute atomic E-state index is 0.0310. The van der Waals surface area contributed by atoms with E-state index in [1.807, 2.05) is 6.08 Å². The van der Waals surface area contributed by atoms with Crippen LogP contribution < -0.4 is 11.1 Å². The van der Waals surface area contributed by atoms with Gasteiger partial charge in [-0.3, -0.25) is 4.79 Å². The number of nitrogens with two attached hydrogens (primary N) is 1. The molecule has 1 rings (SSSR count). The average Bonchev–Trinajstić information content (AvgIpc) is 2.07. The van der Waals surface area contributed by atoms with Gasteiger partial charge in [0.1, 0.15) is 0 Å². The molecule has 0 spiro atoms. The van der Waals surface area contributed by atoms with E-state index in [1.54, 1.807) is 0 Å². The summed E-state index contributed by atoms with van der Waals surface area (Å²) < 4.78 is 0. The summed E-state index contributed by atoms with van der Waals surface area (Å²) in [4.78, 5) is 11.0. The first kappa shape index (κ1) is 8.27. The van der Waals surface area contributed by atoms with Gasteiger partial charge in [-0.25, -0.2) is 0 Å². The normalized spacial score (nSPS) is 29.5. The van der Waals surface area contributed by atoms with Gasteiger partial charge in [-0.05, 0) is 19.3 Å². The average molecular weight is 154 g/mol. The molecule has 1 aliphatic heterocycles. The molecule has 1 unspecified atom stereocenters. The predicted molar refractivity (Wildman–Crippen MR) is 44.0 cm³/mol. The lowest BCUT2D eigenvalue weighted by atomic mass is 10.2. The van der Waals surface area contributed by atoms with E-state index in [2.05, 4.69) is 11.4 Å². The molecule has 1 amide bonds. The van der Waals surface area contributed by atoms with Gasteiger partial charge in [-0.15, -0.1) is 0 Å². The second kappa shape index (κ2) is 4.13. The molecule has 0 saturated heterocycles. The molecular formula is C8H14N2O. The largest absolute Gasteiger partial charge is 0.355 e. The van der Waals surface area contributed by atoms with Crippen molar-refractivity contribution in [2.24, 2.45) is 5.73 Å². The monoisotopic (exact) mass is 154 g/mol. The van der Waals surface area contributed by atoms with Gasteiger partial charge in [-0.1, -0.05) is 12.2 Å². The summed E-state index contributed by atoms with van der Waals surface area (Å²) in [5.74, 6) is -0.0310. The highest BCUT2D eigenvalue weighted by Gasteiger charge is 2.10. The fourth-order valence-electron chi connectivity index (χ4n) is 1.03. The predicted octanol–water partition coefficient (Wildman–Crippen LogP) is 0.170. The number of hydrogen-bond acceptors (Lipinski definition) is 2. The Kier molecular flexibility index (Phi) is 3.11. The molecule has 1 atom stereocenters. The first-order valence-electron chi connectivity index (χ1n) is 3.99. The smallest absolute Gasteiger partial charge is 0.237 e. The molecule has 0 aromatic carbocycles. The highest BCUT2D eigenvalue weighted by atomic mass is 16.2. The maximum atomic E-state index is 11.0. The Morgan fingerprint density at radius 2 is 2.36 bits per heavy atom. The van der Waals surface area contributed by atoms with Crippen molar-refractivity contribution in [2.75, 3.05) is 6.54 Å². The van der Waals surface area contributed by atoms with E-state index in [9.17, 15) is 4.79 Å². The molecule has 3 N–H and O–H groups in total. The third-order valence-corrected chi connectivity index (χ3v) is 1.74. The summed E-state index contributed by atoms with van der Waals surface area (Å²) >= 11 is 0. The minimum Gasteiger partial charge on any atom is -0.355 e. The Bertz CT molecular complexity index is 165. The van der Waals surface area contributed by atoms with E-state index in [0.717, 1.165) is 19.4 Å². The van der Waals surface area contributed by atoms with E-state index < -0.39 is 0 Å². The van der Waals surface area contributed by atoms with Crippen molar-refractivity contribution in [1.82, 2.24) is 5.32 Å². The molecule has 11 heavy (non-hydrogen) atoms. The Hall–Kier alpha value is -0.830. The van der Waals surface area contributed by atoms with Crippen molar-refractivity contribution in [2.45, 2.75) is 25.3 Å². The fourth-order valence-corrected chi connectivity index (χ4v) is 1.03. The summed E-state index contributed by atoms with van der Waals surface area (Å²) in [5, 5.41) is 2.77. The van der Waals surface area contributed by atoms with Crippen LogP contribution in [0.1, 0.15) is 19.3 Å². The first-order chi connectivity index (χ1) is 5.30. The molecule has 3 heteroatoms. The van der Waals surface area contributed by atoms with Gasteiger partial charge >= 0.3 is 0 Å². The molecule has 0 radical (unpaired) electrons. The SMILES string of the molecule is NC1C/C=C\CCCNC1=O. The van der Waals surface area contributed by atoms with Crippen molar-refractivity contribution in [1.29, 1.82) is 0 Å². The van der Waals surface area contributed by atoms with Crippen LogP contribution in [0.4, 0.5) is 0 Å². The summed E-state index contributed by atoms with van der Waals surface area (Å²) in [5.41, 5.74) is 5.55. The van der Waals surface area contributed by atoms with Crippen LogP contribution in [-0.2, 0) is 4.79 Å². The molecule has 1 aliphatic rings. The highest BCUT2D eigenvalue weighted by molar-refractivity contribution is 5.81. The van der Waals surface area contributed by atoms with Crippen LogP contribution in [0, 0.1) is 0 Å². The van der Waals surface area contributed by atoms with Crippen molar-refractivity contribution < 1.29 is 4.79 Å². The van der Waals surface area contributed by atoms with Crippen LogP contribution in [0.5, 0.6) is 0 Å². The van der Waals surface area contributed by atoms with Gasteiger partial charge in [0, 0.05) is 6.54 Å². The number of rotatable bonds is 0. The Balaban J connectivity index is 2.46. The van der Waals surface area contributed by atoms with E-state index in [0.29, 0.717) is 6.42 Å². The van der Waals surface area contributed by atoms with E-state index >= 15 is 0 Å². The highest BCUT2D eigenvalue weighted by Crippen LogP contribution is 1.98. The van der Waals surface area contributed by atoms with Crippen LogP contribution in [0.2, 0.25) is 0 Å². The topological polar surface area (TPSA) is 55.1 Å². The number of allylic oxidation sites excluding steroid dienone is 1. The van der Waals surface area contributed by atoms with Crippen LogP contribution >= 0.6 is 0 Å².